The highest BCUT2D eigenvalue weighted by molar-refractivity contribution is 7.89. The molecule has 3 aromatic carbocycles. The van der Waals surface area contributed by atoms with E-state index in [9.17, 15) is 8.42 Å². The lowest BCUT2D eigenvalue weighted by atomic mass is 10.1. The maximum Gasteiger partial charge on any atom is 0.241 e. The van der Waals surface area contributed by atoms with Crippen LogP contribution in [0, 0.1) is 0 Å². The average molecular weight is 354 g/mol. The van der Waals surface area contributed by atoms with Gasteiger partial charge in [-0.2, -0.15) is 0 Å². The van der Waals surface area contributed by atoms with Crippen molar-refractivity contribution in [3.05, 3.63) is 72.3 Å². The molecule has 0 saturated heterocycles. The van der Waals surface area contributed by atoms with Crippen molar-refractivity contribution in [3.8, 4) is 0 Å². The standard InChI is InChI=1S/C20H22N2O2S/c1-15(16-9-5-4-6-10-16)21-25(23,24)20-14-8-11-17-18(20)12-7-13-19(17)22(2)3/h4-15,21H,1-3H3/t15-/m0/s1. The lowest BCUT2D eigenvalue weighted by Gasteiger charge is -2.18. The van der Waals surface area contributed by atoms with E-state index in [1.165, 1.54) is 0 Å². The first-order chi connectivity index (χ1) is 11.9. The number of anilines is 1. The van der Waals surface area contributed by atoms with Crippen molar-refractivity contribution in [1.82, 2.24) is 4.72 Å². The second kappa shape index (κ2) is 6.86. The number of hydrogen-bond acceptors (Lipinski definition) is 3. The van der Waals surface area contributed by atoms with Crippen LogP contribution in [0.2, 0.25) is 0 Å². The monoisotopic (exact) mass is 354 g/mol. The van der Waals surface area contributed by atoms with E-state index in [1.54, 1.807) is 12.1 Å². The van der Waals surface area contributed by atoms with Crippen molar-refractivity contribution >= 4 is 26.5 Å². The lowest BCUT2D eigenvalue weighted by molar-refractivity contribution is 0.568. The van der Waals surface area contributed by atoms with E-state index in [4.69, 9.17) is 0 Å². The van der Waals surface area contributed by atoms with Gasteiger partial charge < -0.3 is 4.90 Å². The fraction of sp³-hybridized carbons (Fsp3) is 0.200. The first-order valence-corrected chi connectivity index (χ1v) is 9.65. The van der Waals surface area contributed by atoms with E-state index in [-0.39, 0.29) is 6.04 Å². The van der Waals surface area contributed by atoms with Gasteiger partial charge in [0.05, 0.1) is 4.90 Å². The zero-order valence-electron chi connectivity index (χ0n) is 14.6. The van der Waals surface area contributed by atoms with Gasteiger partial charge in [-0.1, -0.05) is 54.6 Å². The molecule has 0 unspecified atom stereocenters. The fourth-order valence-electron chi connectivity index (χ4n) is 2.99. The highest BCUT2D eigenvalue weighted by Crippen LogP contribution is 2.30. The molecule has 1 atom stereocenters. The third kappa shape index (κ3) is 3.52. The van der Waals surface area contributed by atoms with Crippen molar-refractivity contribution in [2.45, 2.75) is 17.9 Å². The highest BCUT2D eigenvalue weighted by Gasteiger charge is 2.21. The van der Waals surface area contributed by atoms with Gasteiger partial charge in [0, 0.05) is 36.6 Å². The number of sulfonamides is 1. The molecule has 0 bridgehead atoms. The van der Waals surface area contributed by atoms with Gasteiger partial charge in [0.1, 0.15) is 0 Å². The van der Waals surface area contributed by atoms with Gasteiger partial charge >= 0.3 is 0 Å². The van der Waals surface area contributed by atoms with Crippen LogP contribution < -0.4 is 9.62 Å². The van der Waals surface area contributed by atoms with Crippen LogP contribution in [0.3, 0.4) is 0 Å². The van der Waals surface area contributed by atoms with E-state index in [2.05, 4.69) is 4.72 Å². The lowest BCUT2D eigenvalue weighted by Crippen LogP contribution is -2.27. The SMILES string of the molecule is C[C@H](NS(=O)(=O)c1cccc2c(N(C)C)cccc12)c1ccccc1. The molecule has 25 heavy (non-hydrogen) atoms. The largest absolute Gasteiger partial charge is 0.377 e. The van der Waals surface area contributed by atoms with E-state index in [0.29, 0.717) is 4.90 Å². The summed E-state index contributed by atoms with van der Waals surface area (Å²) in [7, 11) is 0.255. The molecule has 5 heteroatoms. The fourth-order valence-corrected chi connectivity index (χ4v) is 4.45. The molecule has 0 saturated carbocycles. The van der Waals surface area contributed by atoms with Crippen LogP contribution in [0.1, 0.15) is 18.5 Å². The van der Waals surface area contributed by atoms with Crippen LogP contribution in [0.5, 0.6) is 0 Å². The molecule has 0 fully saturated rings. The highest BCUT2D eigenvalue weighted by atomic mass is 32.2. The minimum atomic E-state index is -3.65. The molecule has 0 spiro atoms. The molecule has 3 aromatic rings. The number of benzene rings is 3. The smallest absolute Gasteiger partial charge is 0.241 e. The number of fused-ring (bicyclic) bond motifs is 1. The Hall–Kier alpha value is -2.37. The Morgan fingerprint density at radius 1 is 0.840 bits per heavy atom. The Balaban J connectivity index is 2.05. The van der Waals surface area contributed by atoms with E-state index >= 15 is 0 Å². The van der Waals surface area contributed by atoms with Crippen molar-refractivity contribution < 1.29 is 8.42 Å². The van der Waals surface area contributed by atoms with Gasteiger partial charge in [-0.25, -0.2) is 13.1 Å². The van der Waals surface area contributed by atoms with Crippen LogP contribution in [-0.4, -0.2) is 22.5 Å². The summed E-state index contributed by atoms with van der Waals surface area (Å²) in [4.78, 5) is 2.29. The van der Waals surface area contributed by atoms with Crippen molar-refractivity contribution in [3.63, 3.8) is 0 Å². The second-order valence-corrected chi connectivity index (χ2v) is 7.96. The zero-order chi connectivity index (χ0) is 18.0. The molecule has 0 amide bonds. The summed E-state index contributed by atoms with van der Waals surface area (Å²) >= 11 is 0. The molecule has 130 valence electrons. The molecular weight excluding hydrogens is 332 g/mol. The summed E-state index contributed by atoms with van der Waals surface area (Å²) in [6.45, 7) is 1.85. The van der Waals surface area contributed by atoms with Crippen LogP contribution in [0.4, 0.5) is 5.69 Å². The Labute approximate surface area is 149 Å². The van der Waals surface area contributed by atoms with Crippen molar-refractivity contribution in [2.75, 3.05) is 19.0 Å². The number of hydrogen-bond donors (Lipinski definition) is 1. The molecule has 1 N–H and O–H groups in total. The van der Waals surface area contributed by atoms with Gasteiger partial charge in [-0.05, 0) is 24.6 Å². The van der Waals surface area contributed by atoms with Gasteiger partial charge in [-0.3, -0.25) is 0 Å². The summed E-state index contributed by atoms with van der Waals surface area (Å²) in [6, 6.07) is 20.4. The Morgan fingerprint density at radius 3 is 2.16 bits per heavy atom. The predicted octanol–water partition coefficient (Wildman–Crippen LogP) is 3.95. The molecule has 3 rings (SSSR count). The molecule has 0 aliphatic rings. The third-order valence-electron chi connectivity index (χ3n) is 4.26. The van der Waals surface area contributed by atoms with Crippen molar-refractivity contribution in [1.29, 1.82) is 0 Å². The van der Waals surface area contributed by atoms with Crippen LogP contribution in [0.15, 0.2) is 71.6 Å². The summed E-state index contributed by atoms with van der Waals surface area (Å²) in [6.07, 6.45) is 0. The first-order valence-electron chi connectivity index (χ1n) is 8.16. The van der Waals surface area contributed by atoms with E-state index < -0.39 is 10.0 Å². The molecule has 0 aliphatic heterocycles. The Bertz CT molecular complexity index is 983. The summed E-state index contributed by atoms with van der Waals surface area (Å²) in [5, 5.41) is 1.64. The summed E-state index contributed by atoms with van der Waals surface area (Å²) in [5.41, 5.74) is 1.92. The maximum atomic E-state index is 13.0. The molecule has 4 nitrogen and oxygen atoms in total. The van der Waals surface area contributed by atoms with Crippen LogP contribution >= 0.6 is 0 Å². The van der Waals surface area contributed by atoms with Gasteiger partial charge in [0.2, 0.25) is 10.0 Å². The molecular formula is C20H22N2O2S. The Morgan fingerprint density at radius 2 is 1.48 bits per heavy atom. The topological polar surface area (TPSA) is 49.4 Å². The van der Waals surface area contributed by atoms with Gasteiger partial charge in [-0.15, -0.1) is 0 Å². The predicted molar refractivity (Wildman–Crippen MR) is 103 cm³/mol. The number of nitrogens with one attached hydrogen (secondary N) is 1. The van der Waals surface area contributed by atoms with E-state index in [0.717, 1.165) is 22.0 Å². The quantitative estimate of drug-likeness (QED) is 0.755. The minimum absolute atomic E-state index is 0.302. The van der Waals surface area contributed by atoms with Gasteiger partial charge in [0.25, 0.3) is 0 Å². The van der Waals surface area contributed by atoms with Crippen LogP contribution in [0.25, 0.3) is 10.8 Å². The average Bonchev–Trinajstić information content (AvgIpc) is 2.60. The zero-order valence-corrected chi connectivity index (χ0v) is 15.4. The normalized spacial score (nSPS) is 12.9. The second-order valence-electron chi connectivity index (χ2n) is 6.28. The molecule has 0 aliphatic carbocycles. The maximum absolute atomic E-state index is 13.0. The number of rotatable bonds is 5. The third-order valence-corrected chi connectivity index (χ3v) is 5.86. The summed E-state index contributed by atoms with van der Waals surface area (Å²) in [5.74, 6) is 0. The minimum Gasteiger partial charge on any atom is -0.377 e. The molecule has 0 aromatic heterocycles. The van der Waals surface area contributed by atoms with E-state index in [1.807, 2.05) is 80.5 Å². The van der Waals surface area contributed by atoms with Gasteiger partial charge in [0.15, 0.2) is 0 Å². The first kappa shape index (κ1) is 17.5. The number of nitrogens with zero attached hydrogens (tertiary/aromatic N) is 1. The summed E-state index contributed by atoms with van der Waals surface area (Å²) < 4.78 is 28.8. The molecule has 0 radical (unpaired) electrons. The Kier molecular flexibility index (Phi) is 4.79. The molecule has 0 heterocycles. The van der Waals surface area contributed by atoms with Crippen molar-refractivity contribution in [2.24, 2.45) is 0 Å². The van der Waals surface area contributed by atoms with Crippen LogP contribution in [-0.2, 0) is 10.0 Å².